The van der Waals surface area contributed by atoms with Crippen LogP contribution in [0.1, 0.15) is 10.5 Å². The van der Waals surface area contributed by atoms with E-state index in [4.69, 9.17) is 5.11 Å². The number of rotatable bonds is 2. The highest BCUT2D eigenvalue weighted by Crippen LogP contribution is 2.22. The Morgan fingerprint density at radius 1 is 1.15 bits per heavy atom. The minimum atomic E-state index is -1.11. The van der Waals surface area contributed by atoms with Crippen molar-refractivity contribution in [2.45, 2.75) is 0 Å². The molecule has 1 aromatic carbocycles. The average molecular weight is 274 g/mol. The van der Waals surface area contributed by atoms with Gasteiger partial charge >= 0.3 is 5.97 Å². The zero-order chi connectivity index (χ0) is 14.3. The number of pyridine rings is 1. The standard InChI is InChI=1S/C14H8F2N2O2/c15-9-4-8(5-10(16)6-9)11-7-18-12(14(19)20)2-1-3-13(18)17-11/h1-7H,(H,19,20). The van der Waals surface area contributed by atoms with Gasteiger partial charge in [0.05, 0.1) is 5.69 Å². The number of fused-ring (bicyclic) bond motifs is 1. The molecule has 100 valence electrons. The lowest BCUT2D eigenvalue weighted by Crippen LogP contribution is -2.03. The second-order valence-corrected chi connectivity index (χ2v) is 4.23. The molecule has 0 saturated carbocycles. The highest BCUT2D eigenvalue weighted by molar-refractivity contribution is 5.87. The lowest BCUT2D eigenvalue weighted by molar-refractivity contribution is 0.0689. The zero-order valence-corrected chi connectivity index (χ0v) is 10.0. The van der Waals surface area contributed by atoms with E-state index in [0.717, 1.165) is 18.2 Å². The summed E-state index contributed by atoms with van der Waals surface area (Å²) >= 11 is 0. The van der Waals surface area contributed by atoms with Crippen LogP contribution in [0, 0.1) is 11.6 Å². The van der Waals surface area contributed by atoms with E-state index < -0.39 is 17.6 Å². The molecule has 0 atom stereocenters. The molecule has 1 N–H and O–H groups in total. The molecule has 0 aliphatic carbocycles. The number of aromatic nitrogens is 2. The van der Waals surface area contributed by atoms with Crippen molar-refractivity contribution in [2.24, 2.45) is 0 Å². The van der Waals surface area contributed by atoms with Crippen LogP contribution < -0.4 is 0 Å². The topological polar surface area (TPSA) is 54.6 Å². The van der Waals surface area contributed by atoms with Crippen LogP contribution in [0.5, 0.6) is 0 Å². The van der Waals surface area contributed by atoms with E-state index >= 15 is 0 Å². The van der Waals surface area contributed by atoms with Crippen molar-refractivity contribution < 1.29 is 18.7 Å². The Balaban J connectivity index is 2.23. The van der Waals surface area contributed by atoms with Crippen molar-refractivity contribution in [1.29, 1.82) is 0 Å². The summed E-state index contributed by atoms with van der Waals surface area (Å²) in [5.74, 6) is -2.53. The molecule has 0 bridgehead atoms. The molecule has 20 heavy (non-hydrogen) atoms. The zero-order valence-electron chi connectivity index (χ0n) is 10.0. The molecular formula is C14H8F2N2O2. The molecule has 0 aliphatic heterocycles. The van der Waals surface area contributed by atoms with Crippen molar-refractivity contribution in [1.82, 2.24) is 9.38 Å². The van der Waals surface area contributed by atoms with Gasteiger partial charge in [0.2, 0.25) is 0 Å². The summed E-state index contributed by atoms with van der Waals surface area (Å²) in [5.41, 5.74) is 0.974. The molecule has 0 radical (unpaired) electrons. The van der Waals surface area contributed by atoms with Gasteiger partial charge in [-0.15, -0.1) is 0 Å². The SMILES string of the molecule is O=C(O)c1cccc2nc(-c3cc(F)cc(F)c3)cn12. The van der Waals surface area contributed by atoms with E-state index in [1.165, 1.54) is 16.7 Å². The number of imidazole rings is 1. The summed E-state index contributed by atoms with van der Waals surface area (Å²) in [6.45, 7) is 0. The fourth-order valence-electron chi connectivity index (χ4n) is 2.03. The van der Waals surface area contributed by atoms with Crippen molar-refractivity contribution >= 4 is 11.6 Å². The number of halogens is 2. The molecule has 0 amide bonds. The maximum Gasteiger partial charge on any atom is 0.352 e. The monoisotopic (exact) mass is 274 g/mol. The predicted octanol–water partition coefficient (Wildman–Crippen LogP) is 2.98. The summed E-state index contributed by atoms with van der Waals surface area (Å²) in [6, 6.07) is 7.65. The number of aromatic carboxylic acids is 1. The van der Waals surface area contributed by atoms with Gasteiger partial charge in [-0.1, -0.05) is 6.07 Å². The molecule has 6 heteroatoms. The number of benzene rings is 1. The lowest BCUT2D eigenvalue weighted by atomic mass is 10.1. The summed E-state index contributed by atoms with van der Waals surface area (Å²) in [4.78, 5) is 15.3. The van der Waals surface area contributed by atoms with E-state index in [-0.39, 0.29) is 11.3 Å². The maximum absolute atomic E-state index is 13.2. The van der Waals surface area contributed by atoms with Crippen LogP contribution in [0.4, 0.5) is 8.78 Å². The van der Waals surface area contributed by atoms with Crippen molar-refractivity contribution in [3.05, 3.63) is 59.9 Å². The van der Waals surface area contributed by atoms with Gasteiger partial charge in [-0.3, -0.25) is 4.40 Å². The molecule has 2 aromatic heterocycles. The van der Waals surface area contributed by atoms with Gasteiger partial charge in [0, 0.05) is 17.8 Å². The van der Waals surface area contributed by atoms with Gasteiger partial charge in [0.1, 0.15) is 23.0 Å². The van der Waals surface area contributed by atoms with Crippen molar-refractivity contribution in [2.75, 3.05) is 0 Å². The van der Waals surface area contributed by atoms with Crippen LogP contribution >= 0.6 is 0 Å². The van der Waals surface area contributed by atoms with Crippen LogP contribution in [0.25, 0.3) is 16.9 Å². The maximum atomic E-state index is 13.2. The van der Waals surface area contributed by atoms with E-state index in [2.05, 4.69) is 4.98 Å². The second-order valence-electron chi connectivity index (χ2n) is 4.23. The minimum absolute atomic E-state index is 0.0260. The Bertz CT molecular complexity index is 807. The Morgan fingerprint density at radius 3 is 2.50 bits per heavy atom. The van der Waals surface area contributed by atoms with Crippen LogP contribution in [0.15, 0.2) is 42.6 Å². The summed E-state index contributed by atoms with van der Waals surface area (Å²) < 4.78 is 27.8. The van der Waals surface area contributed by atoms with Gasteiger partial charge in [-0.2, -0.15) is 0 Å². The number of carbonyl (C=O) groups is 1. The third-order valence-electron chi connectivity index (χ3n) is 2.87. The highest BCUT2D eigenvalue weighted by atomic mass is 19.1. The molecule has 0 saturated heterocycles. The number of nitrogens with zero attached hydrogens (tertiary/aromatic N) is 2. The van der Waals surface area contributed by atoms with Crippen molar-refractivity contribution in [3.8, 4) is 11.3 Å². The molecule has 0 spiro atoms. The van der Waals surface area contributed by atoms with Crippen LogP contribution in [0.3, 0.4) is 0 Å². The quantitative estimate of drug-likeness (QED) is 0.781. The second kappa shape index (κ2) is 4.41. The minimum Gasteiger partial charge on any atom is -0.477 e. The molecule has 4 nitrogen and oxygen atoms in total. The number of hydrogen-bond donors (Lipinski definition) is 1. The Labute approximate surface area is 111 Å². The Hall–Kier alpha value is -2.76. The molecule has 2 heterocycles. The van der Waals surface area contributed by atoms with Crippen LogP contribution in [-0.4, -0.2) is 20.5 Å². The number of carboxylic acid groups (broad SMARTS) is 1. The van der Waals surface area contributed by atoms with E-state index in [0.29, 0.717) is 11.3 Å². The summed E-state index contributed by atoms with van der Waals surface area (Å²) in [5, 5.41) is 9.08. The van der Waals surface area contributed by atoms with E-state index in [1.807, 2.05) is 0 Å². The first-order valence-electron chi connectivity index (χ1n) is 5.72. The lowest BCUT2D eigenvalue weighted by Gasteiger charge is -1.98. The molecular weight excluding hydrogens is 266 g/mol. The summed E-state index contributed by atoms with van der Waals surface area (Å²) in [7, 11) is 0. The van der Waals surface area contributed by atoms with Gasteiger partial charge in [0.25, 0.3) is 0 Å². The van der Waals surface area contributed by atoms with Gasteiger partial charge in [-0.05, 0) is 24.3 Å². The molecule has 0 aliphatic rings. The first-order chi connectivity index (χ1) is 9.54. The van der Waals surface area contributed by atoms with Crippen LogP contribution in [0.2, 0.25) is 0 Å². The third kappa shape index (κ3) is 2.01. The fourth-order valence-corrected chi connectivity index (χ4v) is 2.03. The Morgan fingerprint density at radius 2 is 1.85 bits per heavy atom. The molecule has 0 unspecified atom stereocenters. The molecule has 0 fully saturated rings. The van der Waals surface area contributed by atoms with E-state index in [1.54, 1.807) is 12.1 Å². The van der Waals surface area contributed by atoms with Gasteiger partial charge in [0.15, 0.2) is 0 Å². The Kier molecular flexibility index (Phi) is 2.71. The first-order valence-corrected chi connectivity index (χ1v) is 5.72. The average Bonchev–Trinajstić information content (AvgIpc) is 2.80. The van der Waals surface area contributed by atoms with Gasteiger partial charge < -0.3 is 5.11 Å². The fraction of sp³-hybridized carbons (Fsp3) is 0. The van der Waals surface area contributed by atoms with Gasteiger partial charge in [-0.25, -0.2) is 18.6 Å². The van der Waals surface area contributed by atoms with Crippen molar-refractivity contribution in [3.63, 3.8) is 0 Å². The number of carboxylic acids is 1. The predicted molar refractivity (Wildman–Crippen MR) is 67.5 cm³/mol. The largest absolute Gasteiger partial charge is 0.477 e. The van der Waals surface area contributed by atoms with Crippen LogP contribution in [-0.2, 0) is 0 Å². The molecule has 3 rings (SSSR count). The number of hydrogen-bond acceptors (Lipinski definition) is 2. The first kappa shape index (κ1) is 12.3. The highest BCUT2D eigenvalue weighted by Gasteiger charge is 2.12. The summed E-state index contributed by atoms with van der Waals surface area (Å²) in [6.07, 6.45) is 1.44. The smallest absolute Gasteiger partial charge is 0.352 e. The van der Waals surface area contributed by atoms with E-state index in [9.17, 15) is 13.6 Å². The normalized spacial score (nSPS) is 10.9. The molecule has 3 aromatic rings. The third-order valence-corrected chi connectivity index (χ3v) is 2.87.